The first-order valence-corrected chi connectivity index (χ1v) is 12.3. The van der Waals surface area contributed by atoms with E-state index in [-0.39, 0.29) is 41.1 Å². The van der Waals surface area contributed by atoms with Crippen molar-refractivity contribution in [2.24, 2.45) is 5.92 Å². The first kappa shape index (κ1) is 26.7. The summed E-state index contributed by atoms with van der Waals surface area (Å²) in [6, 6.07) is 10.9. The van der Waals surface area contributed by atoms with E-state index >= 15 is 0 Å². The molecule has 0 heterocycles. The molecule has 1 atom stereocenters. The fraction of sp³-hybridized carbons (Fsp3) is 0.345. The second-order valence-electron chi connectivity index (χ2n) is 9.27. The molecule has 8 heteroatoms. The van der Waals surface area contributed by atoms with Crippen molar-refractivity contribution in [3.05, 3.63) is 82.9 Å². The number of hydrogen-bond donors (Lipinski definition) is 1. The van der Waals surface area contributed by atoms with E-state index in [1.807, 2.05) is 0 Å². The molecule has 0 saturated heterocycles. The van der Waals surface area contributed by atoms with E-state index in [0.717, 1.165) is 12.8 Å². The Labute approximate surface area is 212 Å². The molecule has 1 fully saturated rings. The molecule has 0 radical (unpaired) electrons. The number of ether oxygens (including phenoxy) is 2. The van der Waals surface area contributed by atoms with Gasteiger partial charge in [0.2, 0.25) is 5.82 Å². The molecule has 3 aromatic rings. The van der Waals surface area contributed by atoms with E-state index in [2.05, 4.69) is 0 Å². The molecule has 0 amide bonds. The molecule has 1 unspecified atom stereocenters. The van der Waals surface area contributed by atoms with Crippen molar-refractivity contribution < 1.29 is 36.9 Å². The quantitative estimate of drug-likeness (QED) is 0.205. The molecule has 0 aromatic heterocycles. The minimum absolute atomic E-state index is 0.00925. The molecular weight excluding hydrogens is 488 g/mol. The average molecular weight is 517 g/mol. The molecule has 3 aromatic carbocycles. The highest BCUT2D eigenvalue weighted by Gasteiger charge is 2.29. The normalized spacial score (nSPS) is 18.4. The standard InChI is InChI=1S/C29H28F4O4/c1-3-36-24-15-14-22(26(31)28(24)33)19-8-10-20(11-9-19)37-29(35)23-13-12-21(25(30)27(23)32)18-6-4-17(5-7-18)16(2)34/h8-18,34H,3-7H2,1-2H3. The lowest BCUT2D eigenvalue weighted by Gasteiger charge is -2.30. The van der Waals surface area contributed by atoms with Crippen molar-refractivity contribution in [3.63, 3.8) is 0 Å². The second-order valence-corrected chi connectivity index (χ2v) is 9.27. The van der Waals surface area contributed by atoms with Gasteiger partial charge in [0.15, 0.2) is 23.2 Å². The van der Waals surface area contributed by atoms with Gasteiger partial charge in [-0.3, -0.25) is 0 Å². The van der Waals surface area contributed by atoms with Gasteiger partial charge in [0, 0.05) is 5.56 Å². The van der Waals surface area contributed by atoms with Crippen molar-refractivity contribution in [1.82, 2.24) is 0 Å². The zero-order valence-corrected chi connectivity index (χ0v) is 20.6. The molecule has 4 nitrogen and oxygen atoms in total. The van der Waals surface area contributed by atoms with Crippen LogP contribution in [0.2, 0.25) is 0 Å². The van der Waals surface area contributed by atoms with E-state index in [1.165, 1.54) is 48.5 Å². The van der Waals surface area contributed by atoms with Gasteiger partial charge in [-0.1, -0.05) is 18.2 Å². The van der Waals surface area contributed by atoms with Crippen molar-refractivity contribution in [2.45, 2.75) is 51.6 Å². The Morgan fingerprint density at radius 2 is 1.57 bits per heavy atom. The summed E-state index contributed by atoms with van der Waals surface area (Å²) in [5, 5.41) is 9.75. The summed E-state index contributed by atoms with van der Waals surface area (Å²) >= 11 is 0. The lowest BCUT2D eigenvalue weighted by Crippen LogP contribution is -2.23. The van der Waals surface area contributed by atoms with Gasteiger partial charge in [-0.15, -0.1) is 0 Å². The molecule has 1 N–H and O–H groups in total. The SMILES string of the molecule is CCOc1ccc(-c2ccc(OC(=O)c3ccc(C4CCC(C(C)O)CC4)c(F)c3F)cc2)c(F)c1F. The maximum atomic E-state index is 14.9. The Bertz CT molecular complexity index is 1270. The van der Waals surface area contributed by atoms with Gasteiger partial charge >= 0.3 is 5.97 Å². The van der Waals surface area contributed by atoms with Crippen LogP contribution >= 0.6 is 0 Å². The summed E-state index contributed by atoms with van der Waals surface area (Å²) in [7, 11) is 0. The van der Waals surface area contributed by atoms with E-state index in [4.69, 9.17) is 9.47 Å². The van der Waals surface area contributed by atoms with Crippen LogP contribution in [0.15, 0.2) is 48.5 Å². The Morgan fingerprint density at radius 1 is 0.892 bits per heavy atom. The lowest BCUT2D eigenvalue weighted by molar-refractivity contribution is 0.0728. The van der Waals surface area contributed by atoms with Gasteiger partial charge in [-0.25, -0.2) is 18.0 Å². The minimum atomic E-state index is -1.27. The maximum absolute atomic E-state index is 14.9. The predicted octanol–water partition coefficient (Wildman–Crippen LogP) is 7.18. The van der Waals surface area contributed by atoms with Gasteiger partial charge < -0.3 is 14.6 Å². The summed E-state index contributed by atoms with van der Waals surface area (Å²) < 4.78 is 68.6. The van der Waals surface area contributed by atoms with Crippen LogP contribution < -0.4 is 9.47 Å². The molecular formula is C29H28F4O4. The van der Waals surface area contributed by atoms with Gasteiger partial charge in [-0.05, 0) is 92.8 Å². The zero-order valence-electron chi connectivity index (χ0n) is 20.6. The van der Waals surface area contributed by atoms with Crippen LogP contribution in [0.3, 0.4) is 0 Å². The van der Waals surface area contributed by atoms with Crippen molar-refractivity contribution in [2.75, 3.05) is 6.61 Å². The number of esters is 1. The second kappa shape index (κ2) is 11.3. The summed E-state index contributed by atoms with van der Waals surface area (Å²) in [6.07, 6.45) is 2.25. The first-order valence-electron chi connectivity index (χ1n) is 12.3. The molecule has 1 saturated carbocycles. The fourth-order valence-electron chi connectivity index (χ4n) is 4.84. The van der Waals surface area contributed by atoms with Crippen LogP contribution in [0.5, 0.6) is 11.5 Å². The largest absolute Gasteiger partial charge is 0.491 e. The van der Waals surface area contributed by atoms with Crippen molar-refractivity contribution >= 4 is 5.97 Å². The van der Waals surface area contributed by atoms with Crippen molar-refractivity contribution in [1.29, 1.82) is 0 Å². The highest BCUT2D eigenvalue weighted by atomic mass is 19.2. The summed E-state index contributed by atoms with van der Waals surface area (Å²) in [4.78, 5) is 12.6. The third-order valence-electron chi connectivity index (χ3n) is 6.95. The van der Waals surface area contributed by atoms with E-state index < -0.39 is 40.9 Å². The summed E-state index contributed by atoms with van der Waals surface area (Å²) in [5.41, 5.74) is -0.00849. The third kappa shape index (κ3) is 5.64. The number of benzene rings is 3. The predicted molar refractivity (Wildman–Crippen MR) is 131 cm³/mol. The topological polar surface area (TPSA) is 55.8 Å². The Hall–Kier alpha value is -3.39. The number of carbonyl (C=O) groups excluding carboxylic acids is 1. The number of carbonyl (C=O) groups is 1. The van der Waals surface area contributed by atoms with Gasteiger partial charge in [0.05, 0.1) is 18.3 Å². The van der Waals surface area contributed by atoms with Crippen LogP contribution in [0.1, 0.15) is 61.4 Å². The number of hydrogen-bond acceptors (Lipinski definition) is 4. The Kier molecular flexibility index (Phi) is 8.17. The van der Waals surface area contributed by atoms with Crippen LogP contribution in [-0.4, -0.2) is 23.8 Å². The highest BCUT2D eigenvalue weighted by molar-refractivity contribution is 5.91. The van der Waals surface area contributed by atoms with Gasteiger partial charge in [0.25, 0.3) is 0 Å². The molecule has 1 aliphatic carbocycles. The Morgan fingerprint density at radius 3 is 2.19 bits per heavy atom. The number of halogens is 4. The van der Waals surface area contributed by atoms with Gasteiger partial charge in [-0.2, -0.15) is 4.39 Å². The molecule has 0 bridgehead atoms. The molecule has 37 heavy (non-hydrogen) atoms. The van der Waals surface area contributed by atoms with Crippen LogP contribution in [-0.2, 0) is 0 Å². The van der Waals surface area contributed by atoms with Crippen LogP contribution in [0.4, 0.5) is 17.6 Å². The molecule has 0 spiro atoms. The summed E-state index contributed by atoms with van der Waals surface area (Å²) in [6.45, 7) is 3.58. The third-order valence-corrected chi connectivity index (χ3v) is 6.95. The van der Waals surface area contributed by atoms with Gasteiger partial charge in [0.1, 0.15) is 5.75 Å². The van der Waals surface area contributed by atoms with E-state index in [9.17, 15) is 27.5 Å². The highest BCUT2D eigenvalue weighted by Crippen LogP contribution is 2.39. The first-order chi connectivity index (χ1) is 17.7. The molecule has 4 rings (SSSR count). The minimum Gasteiger partial charge on any atom is -0.491 e. The zero-order chi connectivity index (χ0) is 26.7. The van der Waals surface area contributed by atoms with E-state index in [0.29, 0.717) is 18.4 Å². The van der Waals surface area contributed by atoms with Crippen molar-refractivity contribution in [3.8, 4) is 22.6 Å². The van der Waals surface area contributed by atoms with E-state index in [1.54, 1.807) is 13.8 Å². The average Bonchev–Trinajstić information content (AvgIpc) is 2.89. The van der Waals surface area contributed by atoms with Crippen LogP contribution in [0, 0.1) is 29.2 Å². The number of aliphatic hydroxyl groups excluding tert-OH is 1. The fourth-order valence-corrected chi connectivity index (χ4v) is 4.84. The van der Waals surface area contributed by atoms with Crippen LogP contribution in [0.25, 0.3) is 11.1 Å². The summed E-state index contributed by atoms with van der Waals surface area (Å²) in [5.74, 6) is -5.80. The Balaban J connectivity index is 1.46. The smallest absolute Gasteiger partial charge is 0.346 e. The molecule has 1 aliphatic rings. The maximum Gasteiger partial charge on any atom is 0.346 e. The molecule has 0 aliphatic heterocycles. The monoisotopic (exact) mass is 516 g/mol. The lowest BCUT2D eigenvalue weighted by atomic mass is 9.76. The number of aliphatic hydroxyl groups is 1. The number of rotatable bonds is 7. The molecule has 196 valence electrons.